The molecule has 0 radical (unpaired) electrons. The summed E-state index contributed by atoms with van der Waals surface area (Å²) in [7, 11) is 0. The number of hydrogen-bond acceptors (Lipinski definition) is 2. The van der Waals surface area contributed by atoms with Crippen LogP contribution >= 0.6 is 23.2 Å². The quantitative estimate of drug-likeness (QED) is 0.798. The molecule has 1 aliphatic rings. The number of para-hydroxylation sites is 1. The van der Waals surface area contributed by atoms with Crippen molar-refractivity contribution in [3.05, 3.63) is 65.7 Å². The summed E-state index contributed by atoms with van der Waals surface area (Å²) in [4.78, 5) is 12.0. The second kappa shape index (κ2) is 6.81. The molecule has 3 rings (SSSR count). The van der Waals surface area contributed by atoms with Gasteiger partial charge in [0.2, 0.25) is 5.91 Å². The number of hydrogen-bond donors (Lipinski definition) is 1. The predicted octanol–water partition coefficient (Wildman–Crippen LogP) is 4.08. The third kappa shape index (κ3) is 4.18. The number of benzene rings is 2. The lowest BCUT2D eigenvalue weighted by Gasteiger charge is -2.12. The summed E-state index contributed by atoms with van der Waals surface area (Å²) in [6.07, 6.45) is 0.508. The van der Waals surface area contributed by atoms with Gasteiger partial charge < -0.3 is 10.1 Å². The second-order valence-electron chi connectivity index (χ2n) is 5.62. The van der Waals surface area contributed by atoms with Crippen LogP contribution in [0, 0.1) is 5.92 Å². The molecule has 0 aromatic heterocycles. The molecule has 2 aromatic carbocycles. The zero-order valence-corrected chi connectivity index (χ0v) is 14.0. The zero-order valence-electron chi connectivity index (χ0n) is 12.5. The van der Waals surface area contributed by atoms with E-state index in [0.717, 1.165) is 16.9 Å². The summed E-state index contributed by atoms with van der Waals surface area (Å²) in [5, 5.41) is 2.87. The fraction of sp³-hybridized carbons (Fsp3) is 0.278. The van der Waals surface area contributed by atoms with Crippen molar-refractivity contribution in [2.24, 2.45) is 5.92 Å². The Balaban J connectivity index is 1.58. The summed E-state index contributed by atoms with van der Waals surface area (Å²) < 4.78 is 4.97. The summed E-state index contributed by atoms with van der Waals surface area (Å²) in [6, 6.07) is 17.6. The fourth-order valence-corrected chi connectivity index (χ4v) is 2.84. The van der Waals surface area contributed by atoms with E-state index >= 15 is 0 Å². The number of rotatable bonds is 6. The highest BCUT2D eigenvalue weighted by Crippen LogP contribution is 2.53. The van der Waals surface area contributed by atoms with Crippen molar-refractivity contribution >= 4 is 29.1 Å². The molecular weight excluding hydrogens is 333 g/mol. The first-order valence-electron chi connectivity index (χ1n) is 7.46. The smallest absolute Gasteiger partial charge is 0.226 e. The number of alkyl halides is 2. The van der Waals surface area contributed by atoms with Gasteiger partial charge in [0, 0.05) is 12.1 Å². The minimum Gasteiger partial charge on any atom is -0.489 e. The second-order valence-corrected chi connectivity index (χ2v) is 7.16. The van der Waals surface area contributed by atoms with Crippen LogP contribution in [0.5, 0.6) is 5.75 Å². The fourth-order valence-electron chi connectivity index (χ4n) is 2.33. The van der Waals surface area contributed by atoms with Crippen LogP contribution in [0.25, 0.3) is 0 Å². The van der Waals surface area contributed by atoms with Crippen molar-refractivity contribution in [2.45, 2.75) is 23.9 Å². The first kappa shape index (κ1) is 16.2. The largest absolute Gasteiger partial charge is 0.489 e. The maximum absolute atomic E-state index is 12.0. The topological polar surface area (TPSA) is 38.3 Å². The van der Waals surface area contributed by atoms with Gasteiger partial charge in [-0.15, -0.1) is 23.2 Å². The van der Waals surface area contributed by atoms with E-state index in [1.807, 2.05) is 54.6 Å². The van der Waals surface area contributed by atoms with E-state index in [-0.39, 0.29) is 11.8 Å². The standard InChI is InChI=1S/C18H17Cl2NO2/c19-18(20)10-15(18)17(22)21-11-14-8-4-5-9-16(14)23-12-13-6-2-1-3-7-13/h1-9,15H,10-12H2,(H,21,22). The molecule has 1 aliphatic carbocycles. The SMILES string of the molecule is O=C(NCc1ccccc1OCc1ccccc1)C1CC1(Cl)Cl. The Morgan fingerprint density at radius 1 is 1.13 bits per heavy atom. The van der Waals surface area contributed by atoms with Crippen LogP contribution in [0.2, 0.25) is 0 Å². The predicted molar refractivity (Wildman–Crippen MR) is 91.6 cm³/mol. The Morgan fingerprint density at radius 2 is 1.78 bits per heavy atom. The van der Waals surface area contributed by atoms with Crippen LogP contribution in [0.4, 0.5) is 0 Å². The summed E-state index contributed by atoms with van der Waals surface area (Å²) >= 11 is 11.8. The molecule has 120 valence electrons. The van der Waals surface area contributed by atoms with Crippen molar-refractivity contribution in [3.8, 4) is 5.75 Å². The Kier molecular flexibility index (Phi) is 4.79. The molecular formula is C18H17Cl2NO2. The molecule has 3 nitrogen and oxygen atoms in total. The maximum atomic E-state index is 12.0. The normalized spacial score (nSPS) is 18.3. The van der Waals surface area contributed by atoms with Gasteiger partial charge in [-0.1, -0.05) is 48.5 Å². The molecule has 2 aromatic rings. The van der Waals surface area contributed by atoms with Gasteiger partial charge in [-0.2, -0.15) is 0 Å². The lowest BCUT2D eigenvalue weighted by atomic mass is 10.2. The number of carbonyl (C=O) groups is 1. The Bertz CT molecular complexity index is 688. The molecule has 1 saturated carbocycles. The highest BCUT2D eigenvalue weighted by Gasteiger charge is 2.56. The molecule has 1 amide bonds. The number of halogens is 2. The van der Waals surface area contributed by atoms with Gasteiger partial charge in [-0.05, 0) is 18.1 Å². The summed E-state index contributed by atoms with van der Waals surface area (Å²) in [5.74, 6) is 0.326. The summed E-state index contributed by atoms with van der Waals surface area (Å²) in [6.45, 7) is 0.880. The zero-order chi connectivity index (χ0) is 16.3. The number of carbonyl (C=O) groups excluding carboxylic acids is 1. The average molecular weight is 350 g/mol. The third-order valence-electron chi connectivity index (χ3n) is 3.81. The van der Waals surface area contributed by atoms with Gasteiger partial charge in [-0.25, -0.2) is 0 Å². The molecule has 1 fully saturated rings. The van der Waals surface area contributed by atoms with Gasteiger partial charge in [-0.3, -0.25) is 4.79 Å². The van der Waals surface area contributed by atoms with Gasteiger partial charge in [0.1, 0.15) is 16.7 Å². The van der Waals surface area contributed by atoms with E-state index in [1.54, 1.807) is 0 Å². The van der Waals surface area contributed by atoms with E-state index in [4.69, 9.17) is 27.9 Å². The van der Waals surface area contributed by atoms with Crippen molar-refractivity contribution in [1.29, 1.82) is 0 Å². The van der Waals surface area contributed by atoms with Crippen LogP contribution in [0.3, 0.4) is 0 Å². The molecule has 1 N–H and O–H groups in total. The van der Waals surface area contributed by atoms with Crippen molar-refractivity contribution in [1.82, 2.24) is 5.32 Å². The minimum atomic E-state index is -0.895. The van der Waals surface area contributed by atoms with E-state index < -0.39 is 4.33 Å². The van der Waals surface area contributed by atoms with E-state index in [2.05, 4.69) is 5.32 Å². The molecule has 5 heteroatoms. The first-order valence-corrected chi connectivity index (χ1v) is 8.22. The molecule has 1 unspecified atom stereocenters. The van der Waals surface area contributed by atoms with Crippen molar-refractivity contribution < 1.29 is 9.53 Å². The lowest BCUT2D eigenvalue weighted by Crippen LogP contribution is -2.26. The monoisotopic (exact) mass is 349 g/mol. The van der Waals surface area contributed by atoms with Gasteiger partial charge >= 0.3 is 0 Å². The molecule has 23 heavy (non-hydrogen) atoms. The molecule has 0 spiro atoms. The van der Waals surface area contributed by atoms with E-state index in [1.165, 1.54) is 0 Å². The Hall–Kier alpha value is -1.71. The van der Waals surface area contributed by atoms with E-state index in [0.29, 0.717) is 19.6 Å². The maximum Gasteiger partial charge on any atom is 0.226 e. The molecule has 1 atom stereocenters. The van der Waals surface area contributed by atoms with Crippen molar-refractivity contribution in [3.63, 3.8) is 0 Å². The third-order valence-corrected chi connectivity index (χ3v) is 4.64. The number of amides is 1. The number of ether oxygens (including phenoxy) is 1. The molecule has 0 bridgehead atoms. The summed E-state index contributed by atoms with van der Waals surface area (Å²) in [5.41, 5.74) is 2.02. The van der Waals surface area contributed by atoms with Crippen LogP contribution in [-0.4, -0.2) is 10.2 Å². The lowest BCUT2D eigenvalue weighted by molar-refractivity contribution is -0.122. The highest BCUT2D eigenvalue weighted by molar-refractivity contribution is 6.52. The Labute approximate surface area is 145 Å². The highest BCUT2D eigenvalue weighted by atomic mass is 35.5. The van der Waals surface area contributed by atoms with Gasteiger partial charge in [0.15, 0.2) is 0 Å². The van der Waals surface area contributed by atoms with Crippen LogP contribution in [0.1, 0.15) is 17.5 Å². The molecule has 0 heterocycles. The van der Waals surface area contributed by atoms with E-state index in [9.17, 15) is 4.79 Å². The molecule has 0 aliphatic heterocycles. The van der Waals surface area contributed by atoms with Crippen molar-refractivity contribution in [2.75, 3.05) is 0 Å². The van der Waals surface area contributed by atoms with Gasteiger partial charge in [0.25, 0.3) is 0 Å². The molecule has 0 saturated heterocycles. The minimum absolute atomic E-state index is 0.118. The average Bonchev–Trinajstić information content (AvgIpc) is 3.21. The van der Waals surface area contributed by atoms with Crippen LogP contribution in [-0.2, 0) is 17.9 Å². The first-order chi connectivity index (χ1) is 11.1. The van der Waals surface area contributed by atoms with Crippen LogP contribution in [0.15, 0.2) is 54.6 Å². The van der Waals surface area contributed by atoms with Gasteiger partial charge in [0.05, 0.1) is 5.92 Å². The van der Waals surface area contributed by atoms with Crippen LogP contribution < -0.4 is 10.1 Å². The number of nitrogens with one attached hydrogen (secondary N) is 1. The Morgan fingerprint density at radius 3 is 2.48 bits per heavy atom.